The van der Waals surface area contributed by atoms with E-state index in [0.29, 0.717) is 12.0 Å². The van der Waals surface area contributed by atoms with Gasteiger partial charge >= 0.3 is 12.0 Å². The van der Waals surface area contributed by atoms with Crippen molar-refractivity contribution in [1.82, 2.24) is 15.1 Å². The molecule has 194 valence electrons. The fourth-order valence-electron chi connectivity index (χ4n) is 5.02. The Balaban J connectivity index is 1.26. The number of carbonyl (C=O) groups is 3. The van der Waals surface area contributed by atoms with E-state index in [1.807, 2.05) is 0 Å². The van der Waals surface area contributed by atoms with Crippen LogP contribution in [0.5, 0.6) is 0 Å². The average Bonchev–Trinajstić information content (AvgIpc) is 3.76. The number of allylic oxidation sites excluding steroid dienone is 2. The Labute approximate surface area is 210 Å². The number of unbranched alkanes of at least 4 members (excludes halogenated alkanes) is 2. The van der Waals surface area contributed by atoms with Gasteiger partial charge in [0.05, 0.1) is 17.0 Å². The standard InChI is InChI=1S/C26H34N4O6/c1-27-23(31)22-15-21(36-24(32)18-8-10-20(11-9-18)30(34)35)17-29(22)25(33)28(2)14-6-4-3-5-7-19-16-26(19)12-13-26/h5,7-11,19,21-22H,3-4,6,12-17H2,1-2H3,(H,27,31)/b7-5-/t19-,21+,22+/m1/s1. The molecule has 3 amide bonds. The van der Waals surface area contributed by atoms with Crippen molar-refractivity contribution in [2.45, 2.75) is 57.1 Å². The Kier molecular flexibility index (Phi) is 7.61. The number of hydrogen-bond acceptors (Lipinski definition) is 6. The van der Waals surface area contributed by atoms with Crippen LogP contribution in [0.2, 0.25) is 0 Å². The molecule has 0 aromatic heterocycles. The van der Waals surface area contributed by atoms with Crippen LogP contribution in [0.3, 0.4) is 0 Å². The molecule has 1 heterocycles. The molecular formula is C26H34N4O6. The zero-order valence-corrected chi connectivity index (χ0v) is 20.9. The molecule has 1 aliphatic heterocycles. The number of likely N-dealkylation sites (N-methyl/N-ethyl adjacent to an activating group) is 1. The van der Waals surface area contributed by atoms with Crippen LogP contribution in [-0.2, 0) is 9.53 Å². The molecule has 1 spiro atoms. The lowest BCUT2D eigenvalue weighted by atomic mass is 10.1. The van der Waals surface area contributed by atoms with E-state index in [2.05, 4.69) is 17.5 Å². The minimum Gasteiger partial charge on any atom is -0.457 e. The SMILES string of the molecule is CNC(=O)[C@@H]1C[C@H](OC(=O)c2ccc([N+](=O)[O-])cc2)CN1C(=O)N(C)CCCC/C=C\[C@@H]1CC12CC2. The Hall–Kier alpha value is -3.43. The van der Waals surface area contributed by atoms with E-state index >= 15 is 0 Å². The van der Waals surface area contributed by atoms with Gasteiger partial charge in [0, 0.05) is 39.2 Å². The molecule has 4 rings (SSSR count). The molecule has 10 heteroatoms. The second kappa shape index (κ2) is 10.7. The van der Waals surface area contributed by atoms with Gasteiger partial charge in [-0.15, -0.1) is 0 Å². The third-order valence-corrected chi connectivity index (χ3v) is 7.60. The molecule has 1 saturated heterocycles. The van der Waals surface area contributed by atoms with E-state index in [9.17, 15) is 24.5 Å². The highest BCUT2D eigenvalue weighted by Crippen LogP contribution is 2.71. The summed E-state index contributed by atoms with van der Waals surface area (Å²) in [7, 11) is 3.22. The summed E-state index contributed by atoms with van der Waals surface area (Å²) in [5.41, 5.74) is 0.730. The van der Waals surface area contributed by atoms with Crippen molar-refractivity contribution >= 4 is 23.6 Å². The van der Waals surface area contributed by atoms with E-state index < -0.39 is 23.0 Å². The number of urea groups is 1. The fourth-order valence-corrected chi connectivity index (χ4v) is 5.02. The first-order valence-electron chi connectivity index (χ1n) is 12.6. The molecule has 0 bridgehead atoms. The monoisotopic (exact) mass is 498 g/mol. The van der Waals surface area contributed by atoms with Gasteiger partial charge in [-0.3, -0.25) is 14.9 Å². The molecule has 1 N–H and O–H groups in total. The molecule has 2 saturated carbocycles. The second-order valence-electron chi connectivity index (χ2n) is 10.2. The number of nitro benzene ring substituents is 1. The minimum atomic E-state index is -0.740. The van der Waals surface area contributed by atoms with Gasteiger partial charge < -0.3 is 19.9 Å². The summed E-state index contributed by atoms with van der Waals surface area (Å²) in [4.78, 5) is 51.5. The maximum absolute atomic E-state index is 13.1. The summed E-state index contributed by atoms with van der Waals surface area (Å²) in [5.74, 6) is -0.176. The first kappa shape index (κ1) is 25.7. The molecule has 1 aromatic rings. The van der Waals surface area contributed by atoms with Crippen LogP contribution < -0.4 is 5.32 Å². The highest BCUT2D eigenvalue weighted by Gasteiger charge is 2.61. The van der Waals surface area contributed by atoms with Crippen LogP contribution in [0.25, 0.3) is 0 Å². The summed E-state index contributed by atoms with van der Waals surface area (Å²) in [6.45, 7) is 0.677. The summed E-state index contributed by atoms with van der Waals surface area (Å²) in [6.07, 6.45) is 11.1. The van der Waals surface area contributed by atoms with E-state index in [1.165, 1.54) is 55.5 Å². The predicted octanol–water partition coefficient (Wildman–Crippen LogP) is 3.52. The van der Waals surface area contributed by atoms with Crippen molar-refractivity contribution in [1.29, 1.82) is 0 Å². The number of nitro groups is 1. The van der Waals surface area contributed by atoms with Gasteiger partial charge in [0.1, 0.15) is 12.1 Å². The van der Waals surface area contributed by atoms with Gasteiger partial charge in [0.15, 0.2) is 0 Å². The van der Waals surface area contributed by atoms with Crippen molar-refractivity contribution in [3.8, 4) is 0 Å². The maximum atomic E-state index is 13.1. The minimum absolute atomic E-state index is 0.103. The van der Waals surface area contributed by atoms with Crippen molar-refractivity contribution in [2.75, 3.05) is 27.2 Å². The molecule has 3 aliphatic rings. The molecule has 2 aliphatic carbocycles. The van der Waals surface area contributed by atoms with Crippen LogP contribution in [0.15, 0.2) is 36.4 Å². The number of ether oxygens (including phenoxy) is 1. The van der Waals surface area contributed by atoms with Crippen molar-refractivity contribution < 1.29 is 24.0 Å². The van der Waals surface area contributed by atoms with Crippen molar-refractivity contribution in [3.05, 3.63) is 52.1 Å². The van der Waals surface area contributed by atoms with Crippen LogP contribution in [0, 0.1) is 21.4 Å². The number of nitrogens with one attached hydrogen (secondary N) is 1. The van der Waals surface area contributed by atoms with Gasteiger partial charge in [-0.25, -0.2) is 9.59 Å². The highest BCUT2D eigenvalue weighted by atomic mass is 16.6. The van der Waals surface area contributed by atoms with Gasteiger partial charge in [0.2, 0.25) is 5.91 Å². The largest absolute Gasteiger partial charge is 0.457 e. The number of carbonyl (C=O) groups excluding carboxylic acids is 3. The molecule has 3 fully saturated rings. The Morgan fingerprint density at radius 2 is 1.97 bits per heavy atom. The van der Waals surface area contributed by atoms with Gasteiger partial charge in [-0.05, 0) is 62.0 Å². The number of esters is 1. The molecule has 1 aromatic carbocycles. The number of non-ortho nitro benzene ring substituents is 1. The molecule has 36 heavy (non-hydrogen) atoms. The van der Waals surface area contributed by atoms with Crippen molar-refractivity contribution in [2.24, 2.45) is 11.3 Å². The zero-order valence-electron chi connectivity index (χ0n) is 20.9. The first-order chi connectivity index (χ1) is 17.2. The molecular weight excluding hydrogens is 464 g/mol. The van der Waals surface area contributed by atoms with Crippen LogP contribution in [0.1, 0.15) is 55.3 Å². The number of rotatable bonds is 10. The number of hydrogen-bond donors (Lipinski definition) is 1. The van der Waals surface area contributed by atoms with Gasteiger partial charge in [-0.1, -0.05) is 12.2 Å². The fraction of sp³-hybridized carbons (Fsp3) is 0.577. The number of likely N-dealkylation sites (tertiary alicyclic amines) is 1. The third-order valence-electron chi connectivity index (χ3n) is 7.60. The second-order valence-corrected chi connectivity index (χ2v) is 10.2. The maximum Gasteiger partial charge on any atom is 0.338 e. The molecule has 0 unspecified atom stereocenters. The lowest BCUT2D eigenvalue weighted by Crippen LogP contribution is -2.49. The van der Waals surface area contributed by atoms with Crippen LogP contribution >= 0.6 is 0 Å². The summed E-state index contributed by atoms with van der Waals surface area (Å²) >= 11 is 0. The average molecular weight is 499 g/mol. The summed E-state index contributed by atoms with van der Waals surface area (Å²) < 4.78 is 5.54. The van der Waals surface area contributed by atoms with E-state index in [4.69, 9.17) is 4.74 Å². The normalized spacial score (nSPS) is 23.5. The van der Waals surface area contributed by atoms with Gasteiger partial charge in [0.25, 0.3) is 5.69 Å². The Morgan fingerprint density at radius 1 is 1.25 bits per heavy atom. The first-order valence-corrected chi connectivity index (χ1v) is 12.6. The summed E-state index contributed by atoms with van der Waals surface area (Å²) in [5, 5.41) is 13.4. The van der Waals surface area contributed by atoms with Crippen LogP contribution in [-0.4, -0.2) is 72.0 Å². The number of amides is 3. The molecule has 10 nitrogen and oxygen atoms in total. The number of benzene rings is 1. The van der Waals surface area contributed by atoms with E-state index in [-0.39, 0.29) is 36.2 Å². The quantitative estimate of drug-likeness (QED) is 0.173. The van der Waals surface area contributed by atoms with Crippen LogP contribution in [0.4, 0.5) is 10.5 Å². The molecule has 0 radical (unpaired) electrons. The Morgan fingerprint density at radius 3 is 2.58 bits per heavy atom. The predicted molar refractivity (Wildman–Crippen MR) is 132 cm³/mol. The Bertz CT molecular complexity index is 1040. The van der Waals surface area contributed by atoms with Crippen molar-refractivity contribution in [3.63, 3.8) is 0 Å². The highest BCUT2D eigenvalue weighted by molar-refractivity contribution is 5.90. The van der Waals surface area contributed by atoms with Gasteiger partial charge in [-0.2, -0.15) is 0 Å². The van der Waals surface area contributed by atoms with E-state index in [1.54, 1.807) is 11.9 Å². The lowest BCUT2D eigenvalue weighted by molar-refractivity contribution is -0.384. The van der Waals surface area contributed by atoms with E-state index in [0.717, 1.165) is 25.2 Å². The summed E-state index contributed by atoms with van der Waals surface area (Å²) in [6, 6.07) is 4.10. The number of nitrogens with zero attached hydrogens (tertiary/aromatic N) is 3. The smallest absolute Gasteiger partial charge is 0.338 e. The lowest BCUT2D eigenvalue weighted by Gasteiger charge is -2.28. The third kappa shape index (κ3) is 5.85. The zero-order chi connectivity index (χ0) is 25.9. The topological polar surface area (TPSA) is 122 Å². The molecule has 3 atom stereocenters.